The van der Waals surface area contributed by atoms with E-state index in [2.05, 4.69) is 26.8 Å². The first kappa shape index (κ1) is 15.5. The summed E-state index contributed by atoms with van der Waals surface area (Å²) in [6.45, 7) is 11.9. The molecule has 106 valence electrons. The summed E-state index contributed by atoms with van der Waals surface area (Å²) >= 11 is 0. The van der Waals surface area contributed by atoms with Crippen LogP contribution < -0.4 is 4.74 Å². The normalized spacial score (nSPS) is 11.6. The fourth-order valence-electron chi connectivity index (χ4n) is 1.98. The van der Waals surface area contributed by atoms with E-state index < -0.39 is 0 Å². The molecule has 1 aromatic rings. The van der Waals surface area contributed by atoms with Crippen molar-refractivity contribution in [1.29, 1.82) is 0 Å². The van der Waals surface area contributed by atoms with E-state index in [1.54, 1.807) is 7.11 Å². The van der Waals surface area contributed by atoms with Crippen LogP contribution in [-0.4, -0.2) is 19.2 Å². The lowest BCUT2D eigenvalue weighted by molar-refractivity contribution is 0.0374. The molecule has 1 aromatic carbocycles. The molecule has 0 spiro atoms. The van der Waals surface area contributed by atoms with E-state index in [4.69, 9.17) is 9.47 Å². The molecule has 1 rings (SSSR count). The summed E-state index contributed by atoms with van der Waals surface area (Å²) in [5.41, 5.74) is 2.46. The Bertz CT molecular complexity index is 468. The lowest BCUT2D eigenvalue weighted by Crippen LogP contribution is -2.18. The topological polar surface area (TPSA) is 35.5 Å². The third kappa shape index (κ3) is 3.72. The van der Waals surface area contributed by atoms with Gasteiger partial charge in [-0.3, -0.25) is 0 Å². The van der Waals surface area contributed by atoms with Gasteiger partial charge in [0.25, 0.3) is 0 Å². The zero-order valence-electron chi connectivity index (χ0n) is 13.0. The fraction of sp³-hybridized carbons (Fsp3) is 0.562. The quantitative estimate of drug-likeness (QED) is 0.777. The summed E-state index contributed by atoms with van der Waals surface area (Å²) in [6, 6.07) is 3.88. The van der Waals surface area contributed by atoms with Crippen molar-refractivity contribution in [1.82, 2.24) is 0 Å². The van der Waals surface area contributed by atoms with E-state index in [0.717, 1.165) is 11.1 Å². The van der Waals surface area contributed by atoms with Gasteiger partial charge in [0.1, 0.15) is 11.3 Å². The van der Waals surface area contributed by atoms with Gasteiger partial charge in [0.05, 0.1) is 13.2 Å². The number of hydrogen-bond donors (Lipinski definition) is 0. The van der Waals surface area contributed by atoms with Crippen LogP contribution in [0.2, 0.25) is 0 Å². The summed E-state index contributed by atoms with van der Waals surface area (Å²) < 4.78 is 10.7. The van der Waals surface area contributed by atoms with E-state index in [1.807, 2.05) is 26.8 Å². The highest BCUT2D eigenvalue weighted by Gasteiger charge is 2.25. The second kappa shape index (κ2) is 5.64. The summed E-state index contributed by atoms with van der Waals surface area (Å²) in [6.07, 6.45) is -0.143. The minimum atomic E-state index is -0.332. The average Bonchev–Trinajstić information content (AvgIpc) is 2.25. The number of carbonyl (C=O) groups excluding carboxylic acids is 1. The maximum Gasteiger partial charge on any atom is 0.342 e. The highest BCUT2D eigenvalue weighted by molar-refractivity contribution is 5.93. The van der Waals surface area contributed by atoms with Gasteiger partial charge in [-0.15, -0.1) is 0 Å². The van der Waals surface area contributed by atoms with Crippen molar-refractivity contribution in [2.75, 3.05) is 7.11 Å². The standard InChI is InChI=1S/C16H24O3/c1-10(2)19-15(17)12-8-11(3)9-13(14(12)18-7)16(4,5)6/h8-10H,1-7H3. The molecular formula is C16H24O3. The van der Waals surface area contributed by atoms with Crippen LogP contribution in [0, 0.1) is 6.92 Å². The van der Waals surface area contributed by atoms with Crippen molar-refractivity contribution in [2.24, 2.45) is 0 Å². The Labute approximate surface area is 115 Å². The molecule has 0 aliphatic rings. The Balaban J connectivity index is 3.39. The predicted molar refractivity (Wildman–Crippen MR) is 77.0 cm³/mol. The van der Waals surface area contributed by atoms with Crippen molar-refractivity contribution >= 4 is 5.97 Å². The average molecular weight is 264 g/mol. The first-order chi connectivity index (χ1) is 8.66. The molecule has 0 heterocycles. The minimum absolute atomic E-state index is 0.0930. The lowest BCUT2D eigenvalue weighted by Gasteiger charge is -2.24. The largest absolute Gasteiger partial charge is 0.496 e. The van der Waals surface area contributed by atoms with E-state index in [0.29, 0.717) is 11.3 Å². The van der Waals surface area contributed by atoms with Gasteiger partial charge < -0.3 is 9.47 Å². The fourth-order valence-corrected chi connectivity index (χ4v) is 1.98. The van der Waals surface area contributed by atoms with Crippen molar-refractivity contribution < 1.29 is 14.3 Å². The summed E-state index contributed by atoms with van der Waals surface area (Å²) in [5.74, 6) is 0.282. The highest BCUT2D eigenvalue weighted by atomic mass is 16.5. The molecule has 0 aliphatic carbocycles. The van der Waals surface area contributed by atoms with Gasteiger partial charge in [0.15, 0.2) is 0 Å². The van der Waals surface area contributed by atoms with E-state index in [-0.39, 0.29) is 17.5 Å². The van der Waals surface area contributed by atoms with Crippen LogP contribution in [-0.2, 0) is 10.2 Å². The molecule has 0 atom stereocenters. The SMILES string of the molecule is COc1c(C(=O)OC(C)C)cc(C)cc1C(C)(C)C. The first-order valence-electron chi connectivity index (χ1n) is 6.57. The Morgan fingerprint density at radius 2 is 1.79 bits per heavy atom. The number of benzene rings is 1. The Hall–Kier alpha value is -1.51. The molecule has 0 unspecified atom stereocenters. The van der Waals surface area contributed by atoms with Crippen molar-refractivity contribution in [3.8, 4) is 5.75 Å². The second-order valence-corrected chi connectivity index (χ2v) is 6.10. The first-order valence-corrected chi connectivity index (χ1v) is 6.57. The maximum absolute atomic E-state index is 12.2. The van der Waals surface area contributed by atoms with E-state index >= 15 is 0 Å². The van der Waals surface area contributed by atoms with Gasteiger partial charge in [-0.2, -0.15) is 0 Å². The van der Waals surface area contributed by atoms with Crippen LogP contribution in [0.1, 0.15) is 56.1 Å². The molecule has 3 heteroatoms. The van der Waals surface area contributed by atoms with Crippen LogP contribution in [0.15, 0.2) is 12.1 Å². The Morgan fingerprint density at radius 3 is 2.21 bits per heavy atom. The van der Waals surface area contributed by atoms with Crippen LogP contribution in [0.3, 0.4) is 0 Å². The molecule has 0 aromatic heterocycles. The molecule has 0 saturated carbocycles. The smallest absolute Gasteiger partial charge is 0.342 e. The molecule has 3 nitrogen and oxygen atoms in total. The molecule has 0 N–H and O–H groups in total. The third-order valence-electron chi connectivity index (χ3n) is 2.81. The Morgan fingerprint density at radius 1 is 1.21 bits per heavy atom. The van der Waals surface area contributed by atoms with Gasteiger partial charge in [-0.25, -0.2) is 4.79 Å². The lowest BCUT2D eigenvalue weighted by atomic mass is 9.84. The highest BCUT2D eigenvalue weighted by Crippen LogP contribution is 2.35. The predicted octanol–water partition coefficient (Wildman–Crippen LogP) is 3.87. The molecule has 19 heavy (non-hydrogen) atoms. The number of esters is 1. The van der Waals surface area contributed by atoms with Crippen molar-refractivity contribution in [3.63, 3.8) is 0 Å². The molecule has 0 bridgehead atoms. The summed E-state index contributed by atoms with van der Waals surface area (Å²) in [4.78, 5) is 12.2. The zero-order chi connectivity index (χ0) is 14.8. The summed E-state index contributed by atoms with van der Waals surface area (Å²) in [5, 5.41) is 0. The van der Waals surface area contributed by atoms with Gasteiger partial charge in [0, 0.05) is 5.56 Å². The van der Waals surface area contributed by atoms with Gasteiger partial charge in [-0.05, 0) is 37.8 Å². The minimum Gasteiger partial charge on any atom is -0.496 e. The second-order valence-electron chi connectivity index (χ2n) is 6.10. The van der Waals surface area contributed by atoms with Crippen LogP contribution in [0.4, 0.5) is 0 Å². The van der Waals surface area contributed by atoms with Gasteiger partial charge >= 0.3 is 5.97 Å². The van der Waals surface area contributed by atoms with E-state index in [1.165, 1.54) is 0 Å². The molecule has 0 radical (unpaired) electrons. The Kier molecular flexibility index (Phi) is 4.61. The number of hydrogen-bond acceptors (Lipinski definition) is 3. The molecule has 0 aliphatic heterocycles. The number of aryl methyl sites for hydroxylation is 1. The van der Waals surface area contributed by atoms with Crippen LogP contribution in [0.25, 0.3) is 0 Å². The van der Waals surface area contributed by atoms with Crippen LogP contribution in [0.5, 0.6) is 5.75 Å². The maximum atomic E-state index is 12.2. The number of ether oxygens (including phenoxy) is 2. The summed E-state index contributed by atoms with van der Waals surface area (Å²) in [7, 11) is 1.59. The van der Waals surface area contributed by atoms with Crippen molar-refractivity contribution in [3.05, 3.63) is 28.8 Å². The number of methoxy groups -OCH3 is 1. The number of rotatable bonds is 3. The van der Waals surface area contributed by atoms with Crippen LogP contribution >= 0.6 is 0 Å². The van der Waals surface area contributed by atoms with E-state index in [9.17, 15) is 4.79 Å². The molecular weight excluding hydrogens is 240 g/mol. The molecule has 0 amide bonds. The molecule has 0 saturated heterocycles. The monoisotopic (exact) mass is 264 g/mol. The van der Waals surface area contributed by atoms with Gasteiger partial charge in [0.2, 0.25) is 0 Å². The third-order valence-corrected chi connectivity index (χ3v) is 2.81. The van der Waals surface area contributed by atoms with Crippen molar-refractivity contribution in [2.45, 2.75) is 53.1 Å². The zero-order valence-corrected chi connectivity index (χ0v) is 13.0. The molecule has 0 fully saturated rings. The van der Waals surface area contributed by atoms with Gasteiger partial charge in [-0.1, -0.05) is 26.8 Å². The number of carbonyl (C=O) groups is 1.